The number of carbonyl (C=O) groups excluding carboxylic acids is 1. The first-order valence-corrected chi connectivity index (χ1v) is 11.8. The van der Waals surface area contributed by atoms with E-state index in [1.165, 1.54) is 5.75 Å². The first-order valence-electron chi connectivity index (χ1n) is 8.76. The van der Waals surface area contributed by atoms with Crippen molar-refractivity contribution in [2.45, 2.75) is 58.2 Å². The molecule has 0 heterocycles. The molecule has 1 aliphatic rings. The maximum atomic E-state index is 12.0. The van der Waals surface area contributed by atoms with Crippen LogP contribution in [0.4, 0.5) is 0 Å². The maximum Gasteiger partial charge on any atom is 0.223 e. The molecule has 0 aromatic rings. The van der Waals surface area contributed by atoms with Gasteiger partial charge in [0.25, 0.3) is 0 Å². The van der Waals surface area contributed by atoms with E-state index < -0.39 is 10.0 Å². The molecular weight excluding hydrogens is 310 g/mol. The number of hydrogen-bond acceptors (Lipinski definition) is 3. The number of nitrogens with one attached hydrogen (secondary N) is 1. The van der Waals surface area contributed by atoms with Gasteiger partial charge < -0.3 is 14.8 Å². The van der Waals surface area contributed by atoms with Crippen molar-refractivity contribution < 1.29 is 14.3 Å². The average Bonchev–Trinajstić information content (AvgIpc) is 2.32. The molecule has 5 heteroatoms. The van der Waals surface area contributed by atoms with Gasteiger partial charge in [-0.15, -0.1) is 0 Å². The van der Waals surface area contributed by atoms with Crippen LogP contribution in [0, 0.1) is 5.92 Å². The molecular formula is C18H37NO3S. The molecule has 0 bridgehead atoms. The van der Waals surface area contributed by atoms with Crippen molar-refractivity contribution in [2.75, 3.05) is 44.3 Å². The smallest absolute Gasteiger partial charge is 0.223 e. The van der Waals surface area contributed by atoms with Gasteiger partial charge in [0, 0.05) is 25.7 Å². The Morgan fingerprint density at radius 1 is 1.13 bits per heavy atom. The normalized spacial score (nSPS) is 22.5. The minimum Gasteiger partial charge on any atom is -0.378 e. The molecule has 0 spiro atoms. The van der Waals surface area contributed by atoms with Gasteiger partial charge in [-0.25, -0.2) is 10.0 Å². The number of carbonyl (C=O) groups is 1. The third-order valence-corrected chi connectivity index (χ3v) is 5.39. The third kappa shape index (κ3) is 10.3. The third-order valence-electron chi connectivity index (χ3n) is 3.88. The number of ether oxygens (including phenoxy) is 2. The Bertz CT molecular complexity index is 354. The summed E-state index contributed by atoms with van der Waals surface area (Å²) in [6.45, 7) is 8.36. The molecule has 0 aromatic heterocycles. The monoisotopic (exact) mass is 347 g/mol. The summed E-state index contributed by atoms with van der Waals surface area (Å²) < 4.78 is 11.5. The quantitative estimate of drug-likeness (QED) is 0.617. The Labute approximate surface area is 144 Å². The van der Waals surface area contributed by atoms with Crippen LogP contribution in [0.3, 0.4) is 0 Å². The van der Waals surface area contributed by atoms with Crippen LogP contribution in [0.1, 0.15) is 46.5 Å². The summed E-state index contributed by atoms with van der Waals surface area (Å²) in [6.07, 6.45) is 11.1. The van der Waals surface area contributed by atoms with Gasteiger partial charge in [-0.1, -0.05) is 0 Å². The van der Waals surface area contributed by atoms with Crippen LogP contribution in [0.5, 0.6) is 0 Å². The van der Waals surface area contributed by atoms with Gasteiger partial charge in [0.1, 0.15) is 0 Å². The fraction of sp³-hybridized carbons (Fsp3) is 0.944. The second-order valence-corrected chi connectivity index (χ2v) is 13.0. The summed E-state index contributed by atoms with van der Waals surface area (Å²) in [4.78, 5) is 12.0. The molecule has 0 saturated heterocycles. The standard InChI is InChI=1S/C18H37NO3S/c1-18(2,3)22-11-7-9-19-17(20)15-13-16(14-15)21-10-8-12-23(4,5)6/h15-16H,7-14H2,1-6H3,(H,19,20)/t15-,16+. The molecule has 0 atom stereocenters. The van der Waals surface area contributed by atoms with E-state index in [4.69, 9.17) is 9.47 Å². The molecule has 138 valence electrons. The fourth-order valence-corrected chi connectivity index (χ4v) is 3.45. The molecule has 0 radical (unpaired) electrons. The molecule has 23 heavy (non-hydrogen) atoms. The summed E-state index contributed by atoms with van der Waals surface area (Å²) in [7, 11) is -0.414. The fourth-order valence-electron chi connectivity index (χ4n) is 2.46. The summed E-state index contributed by atoms with van der Waals surface area (Å²) in [5.41, 5.74) is -0.100. The summed E-state index contributed by atoms with van der Waals surface area (Å²) in [5.74, 6) is 1.59. The lowest BCUT2D eigenvalue weighted by Gasteiger charge is -2.34. The van der Waals surface area contributed by atoms with Crippen LogP contribution in [0.15, 0.2) is 0 Å². The highest BCUT2D eigenvalue weighted by molar-refractivity contribution is 8.32. The Hall–Kier alpha value is -0.260. The van der Waals surface area contributed by atoms with Gasteiger partial charge in [-0.2, -0.15) is 0 Å². The van der Waals surface area contributed by atoms with Crippen molar-refractivity contribution in [1.29, 1.82) is 0 Å². The highest BCUT2D eigenvalue weighted by Gasteiger charge is 2.34. The molecule has 1 aliphatic carbocycles. The van der Waals surface area contributed by atoms with E-state index >= 15 is 0 Å². The topological polar surface area (TPSA) is 47.6 Å². The van der Waals surface area contributed by atoms with Gasteiger partial charge in [0.15, 0.2) is 0 Å². The van der Waals surface area contributed by atoms with Crippen molar-refractivity contribution in [3.05, 3.63) is 0 Å². The van der Waals surface area contributed by atoms with E-state index in [-0.39, 0.29) is 17.4 Å². The van der Waals surface area contributed by atoms with Crippen LogP contribution < -0.4 is 5.32 Å². The van der Waals surface area contributed by atoms with Crippen molar-refractivity contribution >= 4 is 15.9 Å². The van der Waals surface area contributed by atoms with E-state index in [0.717, 1.165) is 32.3 Å². The van der Waals surface area contributed by atoms with Crippen molar-refractivity contribution in [3.63, 3.8) is 0 Å². The SMILES string of the molecule is CC(C)(C)OCCCNC(=O)[C@H]1C[C@@H](OCCCS(C)(C)C)C1. The van der Waals surface area contributed by atoms with Crippen LogP contribution in [-0.4, -0.2) is 61.9 Å². The Balaban J connectivity index is 1.98. The van der Waals surface area contributed by atoms with Gasteiger partial charge in [-0.3, -0.25) is 4.79 Å². The largest absolute Gasteiger partial charge is 0.378 e. The lowest BCUT2D eigenvalue weighted by Crippen LogP contribution is -2.43. The molecule has 1 amide bonds. The highest BCUT2D eigenvalue weighted by Crippen LogP contribution is 2.35. The predicted molar refractivity (Wildman–Crippen MR) is 101 cm³/mol. The summed E-state index contributed by atoms with van der Waals surface area (Å²) in [6, 6.07) is 0. The number of amides is 1. The minimum atomic E-state index is -0.414. The van der Waals surface area contributed by atoms with E-state index in [9.17, 15) is 4.79 Å². The van der Waals surface area contributed by atoms with Crippen LogP contribution >= 0.6 is 10.0 Å². The van der Waals surface area contributed by atoms with E-state index in [1.807, 2.05) is 20.8 Å². The molecule has 1 saturated carbocycles. The average molecular weight is 348 g/mol. The highest BCUT2D eigenvalue weighted by atomic mass is 32.3. The van der Waals surface area contributed by atoms with Crippen molar-refractivity contribution in [1.82, 2.24) is 5.32 Å². The van der Waals surface area contributed by atoms with Gasteiger partial charge in [0.05, 0.1) is 11.7 Å². The lowest BCUT2D eigenvalue weighted by molar-refractivity contribution is -0.134. The van der Waals surface area contributed by atoms with E-state index in [1.54, 1.807) is 0 Å². The zero-order valence-corrected chi connectivity index (χ0v) is 16.8. The van der Waals surface area contributed by atoms with Gasteiger partial charge in [0.2, 0.25) is 5.91 Å². The molecule has 1 fully saturated rings. The van der Waals surface area contributed by atoms with Crippen molar-refractivity contribution in [3.8, 4) is 0 Å². The molecule has 0 unspecified atom stereocenters. The second-order valence-electron chi connectivity index (χ2n) is 8.41. The van der Waals surface area contributed by atoms with Crippen molar-refractivity contribution in [2.24, 2.45) is 5.92 Å². The zero-order chi connectivity index (χ0) is 17.5. The molecule has 1 rings (SSSR count). The molecule has 4 nitrogen and oxygen atoms in total. The first kappa shape index (κ1) is 20.8. The van der Waals surface area contributed by atoms with Crippen LogP contribution in [-0.2, 0) is 14.3 Å². The molecule has 1 N–H and O–H groups in total. The Morgan fingerprint density at radius 2 is 1.78 bits per heavy atom. The lowest BCUT2D eigenvalue weighted by atomic mass is 9.81. The second kappa shape index (κ2) is 9.28. The number of rotatable bonds is 10. The maximum absolute atomic E-state index is 12.0. The summed E-state index contributed by atoms with van der Waals surface area (Å²) in [5, 5.41) is 3.01. The van der Waals surface area contributed by atoms with Crippen LogP contribution in [0.25, 0.3) is 0 Å². The summed E-state index contributed by atoms with van der Waals surface area (Å²) >= 11 is 0. The zero-order valence-electron chi connectivity index (χ0n) is 15.9. The molecule has 0 aliphatic heterocycles. The minimum absolute atomic E-state index is 0.100. The molecule has 0 aromatic carbocycles. The van der Waals surface area contributed by atoms with Crippen LogP contribution in [0.2, 0.25) is 0 Å². The number of hydrogen-bond donors (Lipinski definition) is 1. The Kier molecular flexibility index (Phi) is 8.39. The van der Waals surface area contributed by atoms with Gasteiger partial charge in [-0.05, 0) is 71.0 Å². The van der Waals surface area contributed by atoms with E-state index in [2.05, 4.69) is 24.1 Å². The predicted octanol–water partition coefficient (Wildman–Crippen LogP) is 3.19. The van der Waals surface area contributed by atoms with Gasteiger partial charge >= 0.3 is 0 Å². The van der Waals surface area contributed by atoms with E-state index in [0.29, 0.717) is 19.3 Å². The Morgan fingerprint density at radius 3 is 2.35 bits per heavy atom. The first-order chi connectivity index (χ1) is 10.6.